The number of urea groups is 1. The number of morpholine rings is 1. The molecule has 2 aliphatic heterocycles. The van der Waals surface area contributed by atoms with E-state index in [1.165, 1.54) is 0 Å². The second kappa shape index (κ2) is 6.91. The molecule has 3 rings (SSSR count). The molecule has 0 bridgehead atoms. The van der Waals surface area contributed by atoms with E-state index in [0.717, 1.165) is 37.7 Å². The Morgan fingerprint density at radius 3 is 2.64 bits per heavy atom. The van der Waals surface area contributed by atoms with Crippen LogP contribution < -0.4 is 4.90 Å². The number of amides is 2. The van der Waals surface area contributed by atoms with Crippen molar-refractivity contribution < 1.29 is 9.53 Å². The lowest BCUT2D eigenvalue weighted by atomic mass is 10.4. The summed E-state index contributed by atoms with van der Waals surface area (Å²) in [6.45, 7) is 7.81. The number of ether oxygens (including phenoxy) is 1. The van der Waals surface area contributed by atoms with Gasteiger partial charge in [0.25, 0.3) is 0 Å². The fourth-order valence-corrected chi connectivity index (χ4v) is 2.85. The lowest BCUT2D eigenvalue weighted by Crippen LogP contribution is -2.49. The van der Waals surface area contributed by atoms with Gasteiger partial charge in [-0.3, -0.25) is 0 Å². The van der Waals surface area contributed by atoms with Crippen LogP contribution in [-0.4, -0.2) is 78.3 Å². The van der Waals surface area contributed by atoms with Crippen molar-refractivity contribution in [2.75, 3.05) is 57.4 Å². The first-order valence-electron chi connectivity index (χ1n) is 7.90. The minimum Gasteiger partial charge on any atom is -0.378 e. The number of nitrogens with zero attached hydrogens (tertiary/aromatic N) is 5. The highest BCUT2D eigenvalue weighted by Gasteiger charge is 2.25. The van der Waals surface area contributed by atoms with Crippen LogP contribution >= 0.6 is 0 Å². The zero-order valence-electron chi connectivity index (χ0n) is 13.1. The average molecular weight is 305 g/mol. The Morgan fingerprint density at radius 2 is 1.86 bits per heavy atom. The SMILES string of the molecule is Cc1ccnc(N2CCCN(C(=O)N3CCOCC3)CC2)n1. The first-order chi connectivity index (χ1) is 10.7. The zero-order chi connectivity index (χ0) is 15.4. The zero-order valence-corrected chi connectivity index (χ0v) is 13.1. The highest BCUT2D eigenvalue weighted by molar-refractivity contribution is 5.74. The first-order valence-corrected chi connectivity index (χ1v) is 7.90. The summed E-state index contributed by atoms with van der Waals surface area (Å²) in [5.41, 5.74) is 0.968. The molecule has 0 N–H and O–H groups in total. The molecule has 2 aliphatic rings. The van der Waals surface area contributed by atoms with E-state index in [9.17, 15) is 4.79 Å². The van der Waals surface area contributed by atoms with E-state index in [1.807, 2.05) is 22.8 Å². The van der Waals surface area contributed by atoms with E-state index < -0.39 is 0 Å². The number of hydrogen-bond donors (Lipinski definition) is 0. The van der Waals surface area contributed by atoms with Crippen molar-refractivity contribution in [3.63, 3.8) is 0 Å². The van der Waals surface area contributed by atoms with E-state index in [2.05, 4.69) is 14.9 Å². The van der Waals surface area contributed by atoms with E-state index in [1.54, 1.807) is 6.20 Å². The minimum atomic E-state index is 0.135. The largest absolute Gasteiger partial charge is 0.378 e. The normalized spacial score (nSPS) is 20.0. The maximum atomic E-state index is 12.5. The Hall–Kier alpha value is -1.89. The summed E-state index contributed by atoms with van der Waals surface area (Å²) >= 11 is 0. The number of rotatable bonds is 1. The molecule has 0 saturated carbocycles. The molecule has 0 spiro atoms. The van der Waals surface area contributed by atoms with Gasteiger partial charge in [-0.25, -0.2) is 14.8 Å². The Balaban J connectivity index is 1.60. The Kier molecular flexibility index (Phi) is 4.72. The van der Waals surface area contributed by atoms with Gasteiger partial charge in [0.2, 0.25) is 5.95 Å². The van der Waals surface area contributed by atoms with Crippen LogP contribution in [0.15, 0.2) is 12.3 Å². The van der Waals surface area contributed by atoms with Crippen LogP contribution in [-0.2, 0) is 4.74 Å². The quantitative estimate of drug-likeness (QED) is 0.766. The van der Waals surface area contributed by atoms with Crippen LogP contribution in [0.2, 0.25) is 0 Å². The van der Waals surface area contributed by atoms with Crippen LogP contribution in [0.4, 0.5) is 10.7 Å². The average Bonchev–Trinajstić information content (AvgIpc) is 2.81. The van der Waals surface area contributed by atoms with E-state index in [0.29, 0.717) is 32.8 Å². The third-order valence-electron chi connectivity index (χ3n) is 4.11. The first kappa shape index (κ1) is 15.0. The number of anilines is 1. The van der Waals surface area contributed by atoms with E-state index in [4.69, 9.17) is 4.74 Å². The Bertz CT molecular complexity index is 518. The number of carbonyl (C=O) groups is 1. The third-order valence-corrected chi connectivity index (χ3v) is 4.11. The molecule has 2 amide bonds. The summed E-state index contributed by atoms with van der Waals surface area (Å²) in [6, 6.07) is 2.03. The molecule has 3 heterocycles. The summed E-state index contributed by atoms with van der Waals surface area (Å²) in [5.74, 6) is 0.765. The molecule has 0 unspecified atom stereocenters. The van der Waals surface area contributed by atoms with Gasteiger partial charge >= 0.3 is 6.03 Å². The van der Waals surface area contributed by atoms with Crippen LogP contribution in [0.3, 0.4) is 0 Å². The Labute approximate surface area is 130 Å². The van der Waals surface area contributed by atoms with Crippen molar-refractivity contribution in [2.45, 2.75) is 13.3 Å². The molecule has 7 nitrogen and oxygen atoms in total. The molecule has 0 aliphatic carbocycles. The Morgan fingerprint density at radius 1 is 1.09 bits per heavy atom. The van der Waals surface area contributed by atoms with Crippen LogP contribution in [0.25, 0.3) is 0 Å². The number of aromatic nitrogens is 2. The van der Waals surface area contributed by atoms with Gasteiger partial charge in [0.15, 0.2) is 0 Å². The lowest BCUT2D eigenvalue weighted by molar-refractivity contribution is 0.0438. The summed E-state index contributed by atoms with van der Waals surface area (Å²) in [6.07, 6.45) is 2.73. The smallest absolute Gasteiger partial charge is 0.320 e. The van der Waals surface area contributed by atoms with Crippen molar-refractivity contribution >= 4 is 12.0 Å². The monoisotopic (exact) mass is 305 g/mol. The predicted molar refractivity (Wildman–Crippen MR) is 83.0 cm³/mol. The fraction of sp³-hybridized carbons (Fsp3) is 0.667. The van der Waals surface area contributed by atoms with E-state index in [-0.39, 0.29) is 6.03 Å². The second-order valence-electron chi connectivity index (χ2n) is 5.71. The van der Waals surface area contributed by atoms with Gasteiger partial charge in [-0.15, -0.1) is 0 Å². The highest BCUT2D eigenvalue weighted by Crippen LogP contribution is 2.13. The molecule has 0 atom stereocenters. The van der Waals surface area contributed by atoms with Crippen molar-refractivity contribution in [2.24, 2.45) is 0 Å². The van der Waals surface area contributed by atoms with Crippen molar-refractivity contribution in [1.29, 1.82) is 0 Å². The topological polar surface area (TPSA) is 61.8 Å². The van der Waals surface area contributed by atoms with Gasteiger partial charge in [0, 0.05) is 51.2 Å². The molecule has 0 aromatic carbocycles. The van der Waals surface area contributed by atoms with Gasteiger partial charge in [0.1, 0.15) is 0 Å². The third kappa shape index (κ3) is 3.47. The van der Waals surface area contributed by atoms with Gasteiger partial charge in [0.05, 0.1) is 13.2 Å². The highest BCUT2D eigenvalue weighted by atomic mass is 16.5. The summed E-state index contributed by atoms with van der Waals surface area (Å²) < 4.78 is 5.31. The van der Waals surface area contributed by atoms with Gasteiger partial charge in [-0.1, -0.05) is 0 Å². The molecular formula is C15H23N5O2. The predicted octanol–water partition coefficient (Wildman–Crippen LogP) is 0.749. The number of aryl methyl sites for hydroxylation is 1. The van der Waals surface area contributed by atoms with Crippen LogP contribution in [0.5, 0.6) is 0 Å². The maximum Gasteiger partial charge on any atom is 0.320 e. The standard InChI is InChI=1S/C15H23N5O2/c1-13-3-4-16-14(17-13)18-5-2-6-19(8-7-18)15(21)20-9-11-22-12-10-20/h3-4H,2,5-12H2,1H3. The molecule has 2 fully saturated rings. The van der Waals surface area contributed by atoms with Crippen molar-refractivity contribution in [3.05, 3.63) is 18.0 Å². The summed E-state index contributed by atoms with van der Waals surface area (Å²) in [5, 5.41) is 0. The molecule has 0 radical (unpaired) electrons. The van der Waals surface area contributed by atoms with E-state index >= 15 is 0 Å². The molecule has 22 heavy (non-hydrogen) atoms. The number of hydrogen-bond acceptors (Lipinski definition) is 5. The lowest BCUT2D eigenvalue weighted by Gasteiger charge is -2.32. The summed E-state index contributed by atoms with van der Waals surface area (Å²) in [7, 11) is 0. The van der Waals surface area contributed by atoms with Gasteiger partial charge in [-0.05, 0) is 19.4 Å². The van der Waals surface area contributed by atoms with Crippen molar-refractivity contribution in [3.8, 4) is 0 Å². The second-order valence-corrected chi connectivity index (χ2v) is 5.71. The summed E-state index contributed by atoms with van der Waals surface area (Å²) in [4.78, 5) is 27.4. The van der Waals surface area contributed by atoms with Crippen LogP contribution in [0, 0.1) is 6.92 Å². The fourth-order valence-electron chi connectivity index (χ4n) is 2.85. The minimum absolute atomic E-state index is 0.135. The molecule has 2 saturated heterocycles. The van der Waals surface area contributed by atoms with Gasteiger partial charge in [-0.2, -0.15) is 0 Å². The number of carbonyl (C=O) groups excluding carboxylic acids is 1. The van der Waals surface area contributed by atoms with Gasteiger partial charge < -0.3 is 19.4 Å². The molecular weight excluding hydrogens is 282 g/mol. The molecule has 1 aromatic heterocycles. The molecule has 1 aromatic rings. The maximum absolute atomic E-state index is 12.5. The van der Waals surface area contributed by atoms with Crippen molar-refractivity contribution in [1.82, 2.24) is 19.8 Å². The van der Waals surface area contributed by atoms with Crippen LogP contribution in [0.1, 0.15) is 12.1 Å². The molecule has 120 valence electrons. The molecule has 7 heteroatoms.